The first-order chi connectivity index (χ1) is 18.6. The van der Waals surface area contributed by atoms with Crippen molar-refractivity contribution < 1.29 is 13.5 Å². The lowest BCUT2D eigenvalue weighted by molar-refractivity contribution is 0.170. The van der Waals surface area contributed by atoms with Crippen molar-refractivity contribution in [2.45, 2.75) is 110 Å². The fraction of sp³-hybridized carbons (Fsp3) is 0.600. The van der Waals surface area contributed by atoms with Crippen LogP contribution in [0.3, 0.4) is 0 Å². The van der Waals surface area contributed by atoms with Crippen LogP contribution in [0, 0.1) is 29.4 Å². The highest BCUT2D eigenvalue weighted by atomic mass is 19.2. The van der Waals surface area contributed by atoms with Gasteiger partial charge in [0, 0.05) is 0 Å². The monoisotopic (exact) mass is 522 g/mol. The highest BCUT2D eigenvalue weighted by molar-refractivity contribution is 5.33. The first-order valence-electron chi connectivity index (χ1n) is 15.4. The molecule has 0 radical (unpaired) electrons. The zero-order valence-corrected chi connectivity index (χ0v) is 23.7. The van der Waals surface area contributed by atoms with Crippen molar-refractivity contribution in [3.8, 4) is 5.75 Å². The van der Waals surface area contributed by atoms with Gasteiger partial charge in [-0.05, 0) is 123 Å². The average Bonchev–Trinajstić information content (AvgIpc) is 2.95. The van der Waals surface area contributed by atoms with E-state index in [0.29, 0.717) is 12.2 Å². The molecule has 38 heavy (non-hydrogen) atoms. The maximum Gasteiger partial charge on any atom is 0.200 e. The lowest BCUT2D eigenvalue weighted by atomic mass is 9.68. The largest absolute Gasteiger partial charge is 0.490 e. The molecule has 0 saturated heterocycles. The van der Waals surface area contributed by atoms with E-state index in [0.717, 1.165) is 69.1 Å². The molecule has 0 N–H and O–H groups in total. The Morgan fingerprint density at radius 1 is 0.737 bits per heavy atom. The minimum absolute atomic E-state index is 0.0558. The van der Waals surface area contributed by atoms with E-state index in [2.05, 4.69) is 50.3 Å². The van der Waals surface area contributed by atoms with E-state index in [9.17, 15) is 8.78 Å². The summed E-state index contributed by atoms with van der Waals surface area (Å²) in [6.07, 6.45) is 20.8. The summed E-state index contributed by atoms with van der Waals surface area (Å²) in [5.41, 5.74) is 3.43. The summed E-state index contributed by atoms with van der Waals surface area (Å²) < 4.78 is 34.9. The standard InChI is InChI=1S/C35H48F2O/c1-3-5-25-38-33-24-23-32(34(36)35(33)37)31-21-19-30(20-22-31)29-17-15-28(16-18-29)10-7-6-9-27-13-11-26(8-4-2)12-14-27/h7,10-14,23-24,28-31H,3-6,8-9,15-22,25H2,1-2H3. The maximum absolute atomic E-state index is 14.9. The van der Waals surface area contributed by atoms with Gasteiger partial charge in [0.2, 0.25) is 5.82 Å². The van der Waals surface area contributed by atoms with Crippen LogP contribution in [0.4, 0.5) is 8.78 Å². The molecule has 0 aliphatic heterocycles. The van der Waals surface area contributed by atoms with E-state index < -0.39 is 11.6 Å². The Morgan fingerprint density at radius 2 is 1.37 bits per heavy atom. The van der Waals surface area contributed by atoms with Crippen LogP contribution < -0.4 is 4.74 Å². The molecule has 2 fully saturated rings. The van der Waals surface area contributed by atoms with Gasteiger partial charge >= 0.3 is 0 Å². The summed E-state index contributed by atoms with van der Waals surface area (Å²) in [4.78, 5) is 0. The SMILES string of the molecule is CCCCOc1ccc(C2CCC(C3CCC(C=CCCc4ccc(CCC)cc4)CC3)CC2)c(F)c1F. The van der Waals surface area contributed by atoms with E-state index in [-0.39, 0.29) is 11.7 Å². The van der Waals surface area contributed by atoms with Gasteiger partial charge in [-0.2, -0.15) is 4.39 Å². The predicted octanol–water partition coefficient (Wildman–Crippen LogP) is 10.4. The Balaban J connectivity index is 1.17. The van der Waals surface area contributed by atoms with Crippen molar-refractivity contribution in [2.75, 3.05) is 6.61 Å². The van der Waals surface area contributed by atoms with Crippen molar-refractivity contribution in [1.29, 1.82) is 0 Å². The number of allylic oxidation sites excluding steroid dienone is 2. The third-order valence-electron chi connectivity index (χ3n) is 9.10. The molecule has 2 aromatic rings. The normalized spacial score (nSPS) is 24.1. The van der Waals surface area contributed by atoms with Gasteiger partial charge in [-0.25, -0.2) is 4.39 Å². The second kappa shape index (κ2) is 14.8. The molecule has 0 amide bonds. The highest BCUT2D eigenvalue weighted by Crippen LogP contribution is 2.45. The second-order valence-corrected chi connectivity index (χ2v) is 11.8. The fourth-order valence-electron chi connectivity index (χ4n) is 6.71. The highest BCUT2D eigenvalue weighted by Gasteiger charge is 2.32. The summed E-state index contributed by atoms with van der Waals surface area (Å²) in [7, 11) is 0. The number of unbranched alkanes of at least 4 members (excludes halogenated alkanes) is 1. The number of hydrogen-bond donors (Lipinski definition) is 0. The van der Waals surface area contributed by atoms with Gasteiger partial charge in [-0.15, -0.1) is 0 Å². The topological polar surface area (TPSA) is 9.23 Å². The van der Waals surface area contributed by atoms with Crippen molar-refractivity contribution in [3.05, 3.63) is 76.9 Å². The van der Waals surface area contributed by atoms with Gasteiger partial charge in [-0.3, -0.25) is 0 Å². The molecular weight excluding hydrogens is 474 g/mol. The predicted molar refractivity (Wildman–Crippen MR) is 155 cm³/mol. The van der Waals surface area contributed by atoms with Gasteiger partial charge in [0.15, 0.2) is 11.6 Å². The molecule has 4 rings (SSSR count). The van der Waals surface area contributed by atoms with Gasteiger partial charge in [0.25, 0.3) is 0 Å². The zero-order valence-electron chi connectivity index (χ0n) is 23.7. The molecule has 2 aromatic carbocycles. The molecule has 2 aliphatic carbocycles. The second-order valence-electron chi connectivity index (χ2n) is 11.8. The van der Waals surface area contributed by atoms with Gasteiger partial charge in [-0.1, -0.05) is 69.2 Å². The maximum atomic E-state index is 14.9. The molecule has 208 valence electrons. The smallest absolute Gasteiger partial charge is 0.200 e. The molecule has 0 bridgehead atoms. The van der Waals surface area contributed by atoms with E-state index in [1.807, 2.05) is 0 Å². The van der Waals surface area contributed by atoms with E-state index in [1.54, 1.807) is 12.1 Å². The lowest BCUT2D eigenvalue weighted by Gasteiger charge is -2.37. The Labute approximate surface area is 230 Å². The molecule has 2 aliphatic rings. The van der Waals surface area contributed by atoms with Gasteiger partial charge in [0.1, 0.15) is 0 Å². The average molecular weight is 523 g/mol. The minimum Gasteiger partial charge on any atom is -0.490 e. The van der Waals surface area contributed by atoms with Crippen LogP contribution in [0.15, 0.2) is 48.6 Å². The third-order valence-corrected chi connectivity index (χ3v) is 9.10. The first-order valence-corrected chi connectivity index (χ1v) is 15.4. The van der Waals surface area contributed by atoms with Crippen molar-refractivity contribution in [2.24, 2.45) is 17.8 Å². The number of benzene rings is 2. The zero-order chi connectivity index (χ0) is 26.7. The van der Waals surface area contributed by atoms with Crippen LogP contribution in [0.2, 0.25) is 0 Å². The third kappa shape index (κ3) is 7.93. The van der Waals surface area contributed by atoms with Crippen LogP contribution >= 0.6 is 0 Å². The van der Waals surface area contributed by atoms with Crippen molar-refractivity contribution >= 4 is 0 Å². The molecule has 2 saturated carbocycles. The molecule has 0 aromatic heterocycles. The molecule has 0 spiro atoms. The number of ether oxygens (including phenoxy) is 1. The summed E-state index contributed by atoms with van der Waals surface area (Å²) in [6.45, 7) is 4.72. The summed E-state index contributed by atoms with van der Waals surface area (Å²) in [5, 5.41) is 0. The quantitative estimate of drug-likeness (QED) is 0.199. The lowest BCUT2D eigenvalue weighted by Crippen LogP contribution is -2.25. The van der Waals surface area contributed by atoms with Crippen LogP contribution in [-0.4, -0.2) is 6.61 Å². The van der Waals surface area contributed by atoms with Gasteiger partial charge in [0.05, 0.1) is 6.61 Å². The van der Waals surface area contributed by atoms with Gasteiger partial charge < -0.3 is 4.74 Å². The first kappa shape index (κ1) is 28.8. The Bertz CT molecular complexity index is 995. The summed E-state index contributed by atoms with van der Waals surface area (Å²) in [6, 6.07) is 12.6. The molecular formula is C35H48F2O. The fourth-order valence-corrected chi connectivity index (χ4v) is 6.71. The molecule has 0 atom stereocenters. The van der Waals surface area contributed by atoms with E-state index >= 15 is 0 Å². The Kier molecular flexibility index (Phi) is 11.3. The Hall–Kier alpha value is -2.16. The van der Waals surface area contributed by atoms with Crippen LogP contribution in [-0.2, 0) is 12.8 Å². The number of halogens is 2. The molecule has 0 heterocycles. The summed E-state index contributed by atoms with van der Waals surface area (Å²) in [5.74, 6) is 0.965. The van der Waals surface area contributed by atoms with Crippen molar-refractivity contribution in [1.82, 2.24) is 0 Å². The molecule has 0 unspecified atom stereocenters. The van der Waals surface area contributed by atoms with Crippen LogP contribution in [0.1, 0.15) is 114 Å². The molecule has 1 nitrogen and oxygen atoms in total. The van der Waals surface area contributed by atoms with Crippen LogP contribution in [0.25, 0.3) is 0 Å². The van der Waals surface area contributed by atoms with E-state index in [1.165, 1.54) is 49.7 Å². The number of hydrogen-bond acceptors (Lipinski definition) is 1. The van der Waals surface area contributed by atoms with Crippen LogP contribution in [0.5, 0.6) is 5.75 Å². The number of rotatable bonds is 12. The van der Waals surface area contributed by atoms with Crippen molar-refractivity contribution in [3.63, 3.8) is 0 Å². The molecule has 3 heteroatoms. The van der Waals surface area contributed by atoms with E-state index in [4.69, 9.17) is 4.74 Å². The minimum atomic E-state index is -0.808. The summed E-state index contributed by atoms with van der Waals surface area (Å²) >= 11 is 0. The number of aryl methyl sites for hydroxylation is 2. The Morgan fingerprint density at radius 3 is 2.00 bits per heavy atom.